The van der Waals surface area contributed by atoms with E-state index in [0.717, 1.165) is 39.9 Å². The molecule has 142 valence electrons. The van der Waals surface area contributed by atoms with Crippen LogP contribution in [-0.4, -0.2) is 27.5 Å². The molecule has 1 heterocycles. The van der Waals surface area contributed by atoms with Crippen LogP contribution in [0, 0.1) is 5.92 Å². The van der Waals surface area contributed by atoms with Crippen molar-refractivity contribution in [3.63, 3.8) is 0 Å². The zero-order valence-corrected chi connectivity index (χ0v) is 16.1. The number of hydrogen-bond donors (Lipinski definition) is 1. The van der Waals surface area contributed by atoms with Crippen molar-refractivity contribution >= 4 is 16.9 Å². The van der Waals surface area contributed by atoms with Gasteiger partial charge in [-0.15, -0.1) is 0 Å². The molecule has 27 heavy (non-hydrogen) atoms. The minimum atomic E-state index is -0.787. The minimum Gasteiger partial charge on any atom is -0.493 e. The van der Waals surface area contributed by atoms with E-state index < -0.39 is 5.97 Å². The van der Waals surface area contributed by atoms with E-state index in [1.165, 1.54) is 0 Å². The van der Waals surface area contributed by atoms with Crippen LogP contribution in [0.1, 0.15) is 32.8 Å². The van der Waals surface area contributed by atoms with Gasteiger partial charge < -0.3 is 9.84 Å². The van der Waals surface area contributed by atoms with Crippen LogP contribution in [0.25, 0.3) is 22.0 Å². The van der Waals surface area contributed by atoms with E-state index in [2.05, 4.69) is 44.1 Å². The van der Waals surface area contributed by atoms with E-state index >= 15 is 0 Å². The summed E-state index contributed by atoms with van der Waals surface area (Å²) in [6, 6.07) is 12.2. The maximum Gasteiger partial charge on any atom is 0.303 e. The standard InChI is InChI=1S/C22H26N2O3/c1-4-24-20-8-7-17(12-18(20)13-23-24)19-11-16(6-10-22(25)26)5-9-21(19)27-14-15(2)3/h5,7-9,11-13,15H,4,6,10,14H2,1-3H3,(H,25,26). The van der Waals surface area contributed by atoms with Crippen molar-refractivity contribution in [2.45, 2.75) is 40.2 Å². The van der Waals surface area contributed by atoms with Gasteiger partial charge in [-0.2, -0.15) is 5.10 Å². The topological polar surface area (TPSA) is 64.4 Å². The first-order valence-electron chi connectivity index (χ1n) is 9.41. The van der Waals surface area contributed by atoms with Crippen LogP contribution in [0.4, 0.5) is 0 Å². The lowest BCUT2D eigenvalue weighted by molar-refractivity contribution is -0.136. The largest absolute Gasteiger partial charge is 0.493 e. The second-order valence-corrected chi connectivity index (χ2v) is 7.16. The molecule has 5 nitrogen and oxygen atoms in total. The van der Waals surface area contributed by atoms with Gasteiger partial charge in [-0.05, 0) is 54.7 Å². The van der Waals surface area contributed by atoms with Crippen LogP contribution < -0.4 is 4.74 Å². The highest BCUT2D eigenvalue weighted by atomic mass is 16.5. The Morgan fingerprint density at radius 3 is 2.74 bits per heavy atom. The molecule has 0 radical (unpaired) electrons. The van der Waals surface area contributed by atoms with E-state index in [1.54, 1.807) is 0 Å². The number of fused-ring (bicyclic) bond motifs is 1. The highest BCUT2D eigenvalue weighted by Gasteiger charge is 2.12. The van der Waals surface area contributed by atoms with Gasteiger partial charge in [0.15, 0.2) is 0 Å². The maximum atomic E-state index is 10.9. The van der Waals surface area contributed by atoms with Gasteiger partial charge in [0.2, 0.25) is 0 Å². The summed E-state index contributed by atoms with van der Waals surface area (Å²) in [5.74, 6) is 0.463. The molecular weight excluding hydrogens is 340 g/mol. The number of carbonyl (C=O) groups is 1. The second-order valence-electron chi connectivity index (χ2n) is 7.16. The number of aromatic nitrogens is 2. The zero-order valence-electron chi connectivity index (χ0n) is 16.1. The highest BCUT2D eigenvalue weighted by Crippen LogP contribution is 2.33. The fraction of sp³-hybridized carbons (Fsp3) is 0.364. The van der Waals surface area contributed by atoms with Crippen molar-refractivity contribution in [2.24, 2.45) is 5.92 Å². The Kier molecular flexibility index (Phi) is 5.79. The summed E-state index contributed by atoms with van der Waals surface area (Å²) in [5, 5.41) is 14.5. The summed E-state index contributed by atoms with van der Waals surface area (Å²) in [4.78, 5) is 10.9. The van der Waals surface area contributed by atoms with Crippen LogP contribution in [0.3, 0.4) is 0 Å². The molecule has 0 fully saturated rings. The molecule has 0 amide bonds. The van der Waals surface area contributed by atoms with Gasteiger partial charge in [0.25, 0.3) is 0 Å². The van der Waals surface area contributed by atoms with Gasteiger partial charge in [-0.25, -0.2) is 0 Å². The summed E-state index contributed by atoms with van der Waals surface area (Å²) >= 11 is 0. The monoisotopic (exact) mass is 366 g/mol. The first kappa shape index (κ1) is 19.0. The zero-order chi connectivity index (χ0) is 19.4. The Bertz CT molecular complexity index is 944. The number of ether oxygens (including phenoxy) is 1. The normalized spacial score (nSPS) is 11.3. The Morgan fingerprint density at radius 2 is 2.04 bits per heavy atom. The molecular formula is C22H26N2O3. The predicted molar refractivity (Wildman–Crippen MR) is 107 cm³/mol. The Morgan fingerprint density at radius 1 is 1.22 bits per heavy atom. The number of aliphatic carboxylic acids is 1. The molecule has 1 aromatic heterocycles. The van der Waals surface area contributed by atoms with E-state index in [-0.39, 0.29) is 6.42 Å². The number of nitrogens with zero attached hydrogens (tertiary/aromatic N) is 2. The molecule has 5 heteroatoms. The summed E-state index contributed by atoms with van der Waals surface area (Å²) in [5.41, 5.74) is 4.14. The Hall–Kier alpha value is -2.82. The van der Waals surface area contributed by atoms with Gasteiger partial charge in [0.1, 0.15) is 5.75 Å². The fourth-order valence-corrected chi connectivity index (χ4v) is 3.10. The third-order valence-corrected chi connectivity index (χ3v) is 4.50. The average Bonchev–Trinajstić information content (AvgIpc) is 3.07. The van der Waals surface area contributed by atoms with Crippen molar-refractivity contribution in [1.82, 2.24) is 9.78 Å². The van der Waals surface area contributed by atoms with Gasteiger partial charge >= 0.3 is 5.97 Å². The number of aryl methyl sites for hydroxylation is 2. The highest BCUT2D eigenvalue weighted by molar-refractivity contribution is 5.86. The number of rotatable bonds is 8. The lowest BCUT2D eigenvalue weighted by Crippen LogP contribution is -2.06. The third-order valence-electron chi connectivity index (χ3n) is 4.50. The van der Waals surface area contributed by atoms with Gasteiger partial charge in [-0.1, -0.05) is 26.0 Å². The van der Waals surface area contributed by atoms with Crippen molar-refractivity contribution in [3.05, 3.63) is 48.2 Å². The van der Waals surface area contributed by atoms with Crippen LogP contribution >= 0.6 is 0 Å². The molecule has 0 aliphatic carbocycles. The van der Waals surface area contributed by atoms with Gasteiger partial charge in [0.05, 0.1) is 18.3 Å². The summed E-state index contributed by atoms with van der Waals surface area (Å²) < 4.78 is 8.01. The lowest BCUT2D eigenvalue weighted by Gasteiger charge is -2.15. The van der Waals surface area contributed by atoms with Crippen molar-refractivity contribution in [3.8, 4) is 16.9 Å². The molecule has 0 spiro atoms. The average molecular weight is 366 g/mol. The van der Waals surface area contributed by atoms with E-state index in [9.17, 15) is 4.79 Å². The Labute approximate surface area is 159 Å². The minimum absolute atomic E-state index is 0.119. The summed E-state index contributed by atoms with van der Waals surface area (Å²) in [6.07, 6.45) is 2.50. The molecule has 3 rings (SSSR count). The van der Waals surface area contributed by atoms with Crippen LogP contribution in [0.15, 0.2) is 42.6 Å². The van der Waals surface area contributed by atoms with Gasteiger partial charge in [0, 0.05) is 23.9 Å². The molecule has 1 N–H and O–H groups in total. The summed E-state index contributed by atoms with van der Waals surface area (Å²) in [6.45, 7) is 7.77. The summed E-state index contributed by atoms with van der Waals surface area (Å²) in [7, 11) is 0. The first-order chi connectivity index (χ1) is 13.0. The SMILES string of the molecule is CCn1ncc2cc(-c3cc(CCC(=O)O)ccc3OCC(C)C)ccc21. The Balaban J connectivity index is 2.01. The van der Waals surface area contributed by atoms with E-state index in [1.807, 2.05) is 29.1 Å². The van der Waals surface area contributed by atoms with Crippen molar-refractivity contribution in [1.29, 1.82) is 0 Å². The van der Waals surface area contributed by atoms with Crippen molar-refractivity contribution < 1.29 is 14.6 Å². The van der Waals surface area contributed by atoms with Crippen LogP contribution in [0.2, 0.25) is 0 Å². The first-order valence-corrected chi connectivity index (χ1v) is 9.41. The smallest absolute Gasteiger partial charge is 0.303 e. The second kappa shape index (κ2) is 8.25. The van der Waals surface area contributed by atoms with Crippen LogP contribution in [-0.2, 0) is 17.8 Å². The van der Waals surface area contributed by atoms with E-state index in [4.69, 9.17) is 9.84 Å². The molecule has 0 bridgehead atoms. The molecule has 2 aromatic carbocycles. The fourth-order valence-electron chi connectivity index (χ4n) is 3.10. The van der Waals surface area contributed by atoms with Crippen molar-refractivity contribution in [2.75, 3.05) is 6.61 Å². The van der Waals surface area contributed by atoms with Crippen LogP contribution in [0.5, 0.6) is 5.75 Å². The molecule has 0 aliphatic rings. The molecule has 3 aromatic rings. The molecule has 0 unspecified atom stereocenters. The quantitative estimate of drug-likeness (QED) is 0.623. The van der Waals surface area contributed by atoms with Gasteiger partial charge in [-0.3, -0.25) is 9.48 Å². The predicted octanol–water partition coefficient (Wildman–Crippen LogP) is 4.78. The molecule has 0 saturated carbocycles. The number of carboxylic acids is 1. The molecule has 0 aliphatic heterocycles. The number of carboxylic acid groups (broad SMARTS) is 1. The molecule has 0 atom stereocenters. The number of benzene rings is 2. The number of hydrogen-bond acceptors (Lipinski definition) is 3. The maximum absolute atomic E-state index is 10.9. The van der Waals surface area contributed by atoms with E-state index in [0.29, 0.717) is 18.9 Å². The third kappa shape index (κ3) is 4.48. The molecule has 0 saturated heterocycles. The lowest BCUT2D eigenvalue weighted by atomic mass is 9.98.